The first-order chi connectivity index (χ1) is 27.3. The lowest BCUT2D eigenvalue weighted by molar-refractivity contribution is -0.123. The Morgan fingerprint density at radius 2 is 1.11 bits per heavy atom. The van der Waals surface area contributed by atoms with E-state index < -0.39 is 0 Å². The summed E-state index contributed by atoms with van der Waals surface area (Å²) < 4.78 is 16.2. The second kappa shape index (κ2) is 41.2. The Morgan fingerprint density at radius 1 is 0.714 bits per heavy atom. The lowest BCUT2D eigenvalue weighted by Gasteiger charge is -2.29. The number of Topliss-reactive ketones (excluding diaryl/α,β-unsaturated/α-hetero) is 1. The summed E-state index contributed by atoms with van der Waals surface area (Å²) in [6.07, 6.45) is 14.6. The Hall–Kier alpha value is -1.06. The SMILES string of the molecule is C.C.CC(=O)CBr.CN1CCCC(C(N)=O)C1.C[B]C.C[B]N1CCCC(c2nc(C)co2)C1.Cc1coc(C2CCCN(C)C2)n1.Cc1coc(C2CCCNC2)n1.P.P.P.P. The Balaban J connectivity index is -0.000000219. The third kappa shape index (κ3) is 30.0. The number of rotatable bonds is 6. The fraction of sp³-hybridized carbons (Fsp3) is 0.744. The van der Waals surface area contributed by atoms with E-state index in [0.717, 1.165) is 86.9 Å². The van der Waals surface area contributed by atoms with Gasteiger partial charge in [-0.25, -0.2) is 15.0 Å². The quantitative estimate of drug-likeness (QED) is 0.139. The molecule has 4 aliphatic rings. The number of nitrogens with two attached hydrogens (primary N) is 1. The highest BCUT2D eigenvalue weighted by Crippen LogP contribution is 2.27. The van der Waals surface area contributed by atoms with Crippen molar-refractivity contribution in [2.45, 2.75) is 132 Å². The maximum absolute atomic E-state index is 10.7. The third-order valence-electron chi connectivity index (χ3n) is 9.91. The highest BCUT2D eigenvalue weighted by molar-refractivity contribution is 9.09. The summed E-state index contributed by atoms with van der Waals surface area (Å²) in [6.45, 7) is 22.1. The summed E-state index contributed by atoms with van der Waals surface area (Å²) in [6, 6.07) is 0. The number of nitrogens with one attached hydrogen (secondary N) is 1. The second-order valence-electron chi connectivity index (χ2n) is 15.6. The van der Waals surface area contributed by atoms with Crippen molar-refractivity contribution >= 4 is 81.9 Å². The number of amides is 1. The van der Waals surface area contributed by atoms with Crippen LogP contribution in [0.15, 0.2) is 32.0 Å². The van der Waals surface area contributed by atoms with Gasteiger partial charge in [-0.15, -0.1) is 0 Å². The van der Waals surface area contributed by atoms with Gasteiger partial charge in [0.05, 0.1) is 28.3 Å². The normalized spacial score (nSPS) is 20.3. The zero-order chi connectivity index (χ0) is 42.2. The Kier molecular flexibility index (Phi) is 46.3. The van der Waals surface area contributed by atoms with Crippen molar-refractivity contribution in [1.29, 1.82) is 0 Å². The second-order valence-corrected chi connectivity index (χ2v) is 16.2. The summed E-state index contributed by atoms with van der Waals surface area (Å²) in [5, 5.41) is 3.82. The van der Waals surface area contributed by atoms with Crippen LogP contribution < -0.4 is 11.1 Å². The van der Waals surface area contributed by atoms with E-state index in [1.54, 1.807) is 18.8 Å². The molecule has 3 N–H and O–H groups in total. The molecule has 1 amide bonds. The topological polar surface area (TPSA) is 160 Å². The minimum Gasteiger partial charge on any atom is -0.448 e. The number of likely N-dealkylation sites (N-methyl/N-ethyl adjacent to an activating group) is 1. The van der Waals surface area contributed by atoms with Gasteiger partial charge in [-0.1, -0.05) is 51.3 Å². The molecule has 4 saturated heterocycles. The summed E-state index contributed by atoms with van der Waals surface area (Å²) in [5.74, 6) is 4.33. The number of alkyl halides is 1. The molecule has 7 rings (SSSR count). The molecular weight excluding hydrogens is 934 g/mol. The van der Waals surface area contributed by atoms with E-state index in [2.05, 4.69) is 72.1 Å². The fourth-order valence-corrected chi connectivity index (χ4v) is 6.95. The van der Waals surface area contributed by atoms with Gasteiger partial charge >= 0.3 is 0 Å². The van der Waals surface area contributed by atoms with Gasteiger partial charge in [-0.2, -0.15) is 39.6 Å². The molecule has 13 nitrogen and oxygen atoms in total. The van der Waals surface area contributed by atoms with Gasteiger partial charge in [0.15, 0.2) is 17.7 Å². The van der Waals surface area contributed by atoms with Crippen LogP contribution in [0, 0.1) is 26.7 Å². The molecule has 8 atom stereocenters. The molecule has 0 spiro atoms. The Bertz CT molecular complexity index is 1540. The number of aromatic nitrogens is 3. The van der Waals surface area contributed by atoms with Crippen molar-refractivity contribution in [2.75, 3.05) is 71.8 Å². The molecule has 63 heavy (non-hydrogen) atoms. The number of piperidine rings is 4. The fourth-order valence-electron chi connectivity index (χ4n) is 6.95. The van der Waals surface area contributed by atoms with E-state index in [1.807, 2.05) is 48.7 Å². The lowest BCUT2D eigenvalue weighted by Crippen LogP contribution is -2.38. The van der Waals surface area contributed by atoms with Crippen molar-refractivity contribution < 1.29 is 22.8 Å². The number of oxazole rings is 3. The minimum absolute atomic E-state index is 0. The van der Waals surface area contributed by atoms with Crippen molar-refractivity contribution in [3.8, 4) is 0 Å². The van der Waals surface area contributed by atoms with Crippen LogP contribution in [0.1, 0.15) is 126 Å². The van der Waals surface area contributed by atoms with Crippen molar-refractivity contribution in [3.63, 3.8) is 0 Å². The van der Waals surface area contributed by atoms with Crippen LogP contribution in [0.25, 0.3) is 0 Å². The molecule has 0 saturated carbocycles. The van der Waals surface area contributed by atoms with Crippen LogP contribution in [0.5, 0.6) is 0 Å². The summed E-state index contributed by atoms with van der Waals surface area (Å²) >= 11 is 2.96. The van der Waals surface area contributed by atoms with Crippen LogP contribution in [-0.2, 0) is 9.59 Å². The predicted molar refractivity (Wildman–Crippen MR) is 292 cm³/mol. The summed E-state index contributed by atoms with van der Waals surface area (Å²) in [7, 11) is 8.33. The summed E-state index contributed by atoms with van der Waals surface area (Å²) in [4.78, 5) is 40.4. The van der Waals surface area contributed by atoms with Crippen LogP contribution in [-0.4, -0.2) is 128 Å². The number of likely N-dealkylation sites (tertiary alicyclic amines) is 2. The van der Waals surface area contributed by atoms with Crippen molar-refractivity contribution in [1.82, 2.24) is 34.9 Å². The number of carbonyl (C=O) groups is 2. The molecule has 366 valence electrons. The largest absolute Gasteiger partial charge is 0.448 e. The number of aryl methyl sites for hydroxylation is 3. The molecule has 0 aliphatic carbocycles. The van der Waals surface area contributed by atoms with Crippen molar-refractivity contribution in [3.05, 3.63) is 53.5 Å². The monoisotopic (exact) mass is 1020 g/mol. The smallest absolute Gasteiger partial charge is 0.221 e. The first-order valence-electron chi connectivity index (χ1n) is 20.8. The first-order valence-corrected chi connectivity index (χ1v) is 21.9. The number of carbonyl (C=O) groups excluding carboxylic acids is 2. The number of hydrogen-bond acceptors (Lipinski definition) is 12. The van der Waals surface area contributed by atoms with Gasteiger partial charge in [-0.3, -0.25) is 9.59 Å². The zero-order valence-electron chi connectivity index (χ0n) is 39.2. The van der Waals surface area contributed by atoms with E-state index in [1.165, 1.54) is 58.5 Å². The number of ketones is 1. The lowest BCUT2D eigenvalue weighted by atomic mass is 9.88. The highest BCUT2D eigenvalue weighted by atomic mass is 79.9. The molecule has 0 bridgehead atoms. The zero-order valence-corrected chi connectivity index (χ0v) is 46.5. The van der Waals surface area contributed by atoms with E-state index in [-0.39, 0.29) is 72.1 Å². The molecule has 7 heterocycles. The average Bonchev–Trinajstić information content (AvgIpc) is 3.98. The maximum atomic E-state index is 10.7. The maximum Gasteiger partial charge on any atom is 0.221 e. The Morgan fingerprint density at radius 3 is 1.44 bits per heavy atom. The van der Waals surface area contributed by atoms with E-state index in [4.69, 9.17) is 19.0 Å². The molecule has 2 radical (unpaired) electrons. The van der Waals surface area contributed by atoms with Crippen LogP contribution >= 0.6 is 55.5 Å². The van der Waals surface area contributed by atoms with Gasteiger partial charge in [-0.05, 0) is 126 Å². The molecule has 4 aliphatic heterocycles. The van der Waals surface area contributed by atoms with Gasteiger partial charge in [0.1, 0.15) is 31.9 Å². The van der Waals surface area contributed by atoms with Gasteiger partial charge in [0.2, 0.25) is 13.3 Å². The molecule has 20 heteroatoms. The van der Waals surface area contributed by atoms with Crippen molar-refractivity contribution in [2.24, 2.45) is 11.7 Å². The molecule has 0 aromatic carbocycles. The standard InChI is InChI=1S/C10H16BN2O.C10H16N2O.C9H14N2O.C7H14N2O.C3H5BrO.C2H6B.2CH4.4H3P/c1-8-7-14-10(12-8)9-4-3-5-13(6-9)11-2;1-8-7-13-10(11-8)9-4-3-5-12(2)6-9;1-7-6-12-9(11-7)8-3-2-4-10-5-8;1-9-4-2-3-6(5-9)7(8)10;1-3(5)2-4;1-3-2;;;;;;/h7,9H,3-6H2,1-2H3;7,9H,3-6H2,1-2H3;6,8,10H,2-5H2,1H3;6H,2-5H2,1H3,(H2,8,10);2H2,1H3;1-2H3;2*1H4;4*1H3. The molecule has 3 aromatic rings. The van der Waals surface area contributed by atoms with Crippen LogP contribution in [0.4, 0.5) is 0 Å². The first kappa shape index (κ1) is 70.9. The van der Waals surface area contributed by atoms with Crippen LogP contribution in [0.2, 0.25) is 20.5 Å². The predicted octanol–water partition coefficient (Wildman–Crippen LogP) is 8.15. The van der Waals surface area contributed by atoms with Gasteiger partial charge < -0.3 is 38.9 Å². The summed E-state index contributed by atoms with van der Waals surface area (Å²) in [5.41, 5.74) is 8.12. The highest BCUT2D eigenvalue weighted by Gasteiger charge is 2.25. The number of nitrogens with zero attached hydrogens (tertiary/aromatic N) is 6. The number of primary amides is 1. The Labute approximate surface area is 406 Å². The molecule has 3 aromatic heterocycles. The molecule has 4 fully saturated rings. The minimum atomic E-state index is -0.147. The number of halogens is 1. The van der Waals surface area contributed by atoms with Crippen LogP contribution in [0.3, 0.4) is 0 Å². The third-order valence-corrected chi connectivity index (χ3v) is 10.7. The molecule has 8 unspecified atom stereocenters. The number of hydrogen-bond donors (Lipinski definition) is 2. The average molecular weight is 1030 g/mol. The molecular formula is C43H91B2BrN8O5P4. The van der Waals surface area contributed by atoms with E-state index in [9.17, 15) is 9.59 Å². The van der Waals surface area contributed by atoms with Gasteiger partial charge in [0, 0.05) is 37.4 Å². The van der Waals surface area contributed by atoms with E-state index >= 15 is 0 Å². The van der Waals surface area contributed by atoms with E-state index in [0.29, 0.717) is 23.1 Å². The van der Waals surface area contributed by atoms with Gasteiger partial charge in [0.25, 0.3) is 0 Å².